The zero-order chi connectivity index (χ0) is 17.0. The van der Waals surface area contributed by atoms with E-state index in [9.17, 15) is 9.90 Å². The summed E-state index contributed by atoms with van der Waals surface area (Å²) in [6, 6.07) is 1.34. The molecule has 1 unspecified atom stereocenters. The van der Waals surface area contributed by atoms with E-state index in [1.54, 1.807) is 25.1 Å². The highest BCUT2D eigenvalue weighted by atomic mass is 16.7. The van der Waals surface area contributed by atoms with Crippen molar-refractivity contribution in [1.29, 1.82) is 0 Å². The van der Waals surface area contributed by atoms with Gasteiger partial charge in [0, 0.05) is 20.3 Å². The summed E-state index contributed by atoms with van der Waals surface area (Å²) in [6.07, 6.45) is 1.78. The van der Waals surface area contributed by atoms with Crippen molar-refractivity contribution >= 4 is 11.8 Å². The number of carbonyl (C=O) groups is 1. The lowest BCUT2D eigenvalue weighted by molar-refractivity contribution is -0.153. The van der Waals surface area contributed by atoms with Crippen molar-refractivity contribution in [2.24, 2.45) is 4.99 Å². The number of nitrogens with zero attached hydrogens (tertiary/aromatic N) is 5. The largest absolute Gasteiger partial charge is 0.481 e. The standard InChI is InChI=1S/C13H17N5O5/c1-17(2)8-5-6-18(11(14-8)12(19)20)23-13-15-9(21-3)7-10(16-13)22-4/h5-7,11H,1-4H3,(H,19,20). The SMILES string of the molecule is COc1cc(OC)nc(ON2C=CC(N(C)C)=NC2C(=O)O)n1. The van der Waals surface area contributed by atoms with Crippen molar-refractivity contribution in [3.8, 4) is 17.8 Å². The maximum Gasteiger partial charge on any atom is 0.352 e. The Bertz CT molecular complexity index is 623. The Morgan fingerprint density at radius 3 is 2.35 bits per heavy atom. The van der Waals surface area contributed by atoms with Gasteiger partial charge in [-0.15, -0.1) is 0 Å². The predicted molar refractivity (Wildman–Crippen MR) is 79.3 cm³/mol. The molecule has 2 heterocycles. The van der Waals surface area contributed by atoms with Gasteiger partial charge in [0.25, 0.3) is 6.17 Å². The number of hydrogen-bond donors (Lipinski definition) is 1. The van der Waals surface area contributed by atoms with Gasteiger partial charge >= 0.3 is 12.0 Å². The molecule has 1 aliphatic rings. The molecular formula is C13H17N5O5. The molecule has 0 spiro atoms. The summed E-state index contributed by atoms with van der Waals surface area (Å²) < 4.78 is 10.0. The zero-order valence-corrected chi connectivity index (χ0v) is 13.1. The van der Waals surface area contributed by atoms with Gasteiger partial charge in [-0.2, -0.15) is 15.0 Å². The molecular weight excluding hydrogens is 306 g/mol. The molecule has 0 saturated carbocycles. The van der Waals surface area contributed by atoms with Gasteiger partial charge in [0.2, 0.25) is 11.8 Å². The van der Waals surface area contributed by atoms with Crippen LogP contribution in [0.1, 0.15) is 0 Å². The van der Waals surface area contributed by atoms with E-state index in [0.717, 1.165) is 5.06 Å². The summed E-state index contributed by atoms with van der Waals surface area (Å²) in [5.74, 6) is -0.237. The number of rotatable bonds is 5. The number of aliphatic imine (C=N–C) groups is 1. The number of carboxylic acids is 1. The summed E-state index contributed by atoms with van der Waals surface area (Å²) in [7, 11) is 6.38. The highest BCUT2D eigenvalue weighted by Gasteiger charge is 2.29. The summed E-state index contributed by atoms with van der Waals surface area (Å²) in [5, 5.41) is 10.3. The van der Waals surface area contributed by atoms with Crippen molar-refractivity contribution in [1.82, 2.24) is 19.9 Å². The Morgan fingerprint density at radius 2 is 1.87 bits per heavy atom. The first-order valence-electron chi connectivity index (χ1n) is 6.54. The Balaban J connectivity index is 2.25. The number of aliphatic carboxylic acids is 1. The topological polar surface area (TPSA) is 110 Å². The van der Waals surface area contributed by atoms with Gasteiger partial charge in [-0.25, -0.2) is 9.79 Å². The zero-order valence-electron chi connectivity index (χ0n) is 13.1. The van der Waals surface area contributed by atoms with Gasteiger partial charge in [-0.1, -0.05) is 0 Å². The van der Waals surface area contributed by atoms with Crippen LogP contribution in [0, 0.1) is 0 Å². The first-order chi connectivity index (χ1) is 10.9. The van der Waals surface area contributed by atoms with Crippen molar-refractivity contribution in [3.63, 3.8) is 0 Å². The fraction of sp³-hybridized carbons (Fsp3) is 0.385. The molecule has 0 saturated heterocycles. The molecule has 1 N–H and O–H groups in total. The molecule has 124 valence electrons. The second-order valence-electron chi connectivity index (χ2n) is 4.60. The van der Waals surface area contributed by atoms with Gasteiger partial charge in [-0.05, 0) is 6.08 Å². The maximum atomic E-state index is 11.4. The van der Waals surface area contributed by atoms with Gasteiger partial charge in [0.1, 0.15) is 5.84 Å². The van der Waals surface area contributed by atoms with Crippen molar-refractivity contribution < 1.29 is 24.2 Å². The van der Waals surface area contributed by atoms with Crippen LogP contribution in [0.5, 0.6) is 17.8 Å². The van der Waals surface area contributed by atoms with E-state index >= 15 is 0 Å². The number of hydrogen-bond acceptors (Lipinski definition) is 9. The van der Waals surface area contributed by atoms with Crippen LogP contribution in [-0.2, 0) is 4.79 Å². The van der Waals surface area contributed by atoms with Gasteiger partial charge < -0.3 is 24.3 Å². The summed E-state index contributed by atoms with van der Waals surface area (Å²) in [4.78, 5) is 30.5. The molecule has 10 heteroatoms. The summed E-state index contributed by atoms with van der Waals surface area (Å²) in [5.41, 5.74) is 0. The van der Waals surface area contributed by atoms with Gasteiger partial charge in [-0.3, -0.25) is 0 Å². The average molecular weight is 323 g/mol. The molecule has 0 aromatic carbocycles. The summed E-state index contributed by atoms with van der Waals surface area (Å²) in [6.45, 7) is 0. The first kappa shape index (κ1) is 16.3. The molecule has 0 aliphatic carbocycles. The van der Waals surface area contributed by atoms with Crippen LogP contribution in [0.25, 0.3) is 0 Å². The minimum atomic E-state index is -1.27. The molecule has 10 nitrogen and oxygen atoms in total. The lowest BCUT2D eigenvalue weighted by Crippen LogP contribution is -2.43. The fourth-order valence-electron chi connectivity index (χ4n) is 1.68. The molecule has 1 aliphatic heterocycles. The van der Waals surface area contributed by atoms with E-state index in [4.69, 9.17) is 14.3 Å². The monoisotopic (exact) mass is 323 g/mol. The molecule has 1 aromatic rings. The minimum Gasteiger partial charge on any atom is -0.481 e. The number of amidine groups is 1. The highest BCUT2D eigenvalue weighted by molar-refractivity contribution is 5.95. The van der Waals surface area contributed by atoms with Gasteiger partial charge in [0.05, 0.1) is 20.3 Å². The van der Waals surface area contributed by atoms with E-state index in [0.29, 0.717) is 5.84 Å². The van der Waals surface area contributed by atoms with Crippen LogP contribution in [0.4, 0.5) is 0 Å². The third-order valence-electron chi connectivity index (χ3n) is 2.81. The molecule has 0 bridgehead atoms. The van der Waals surface area contributed by atoms with Gasteiger partial charge in [0.15, 0.2) is 0 Å². The molecule has 2 rings (SSSR count). The number of likely N-dealkylation sites (N-methyl/N-ethyl adjacent to an activating group) is 1. The van der Waals surface area contributed by atoms with Crippen LogP contribution in [0.3, 0.4) is 0 Å². The number of carboxylic acid groups (broad SMARTS) is 1. The molecule has 1 atom stereocenters. The number of ether oxygens (including phenoxy) is 2. The van der Waals surface area contributed by atoms with Crippen LogP contribution in [0.2, 0.25) is 0 Å². The quantitative estimate of drug-likeness (QED) is 0.799. The van der Waals surface area contributed by atoms with E-state index in [2.05, 4.69) is 15.0 Å². The van der Waals surface area contributed by atoms with Crippen molar-refractivity contribution in [3.05, 3.63) is 18.3 Å². The second kappa shape index (κ2) is 6.81. The second-order valence-corrected chi connectivity index (χ2v) is 4.60. The lowest BCUT2D eigenvalue weighted by Gasteiger charge is -2.27. The Hall–Kier alpha value is -3.04. The van der Waals surface area contributed by atoms with Crippen molar-refractivity contribution in [2.75, 3.05) is 28.3 Å². The van der Waals surface area contributed by atoms with E-state index in [-0.39, 0.29) is 17.8 Å². The predicted octanol–water partition coefficient (Wildman–Crippen LogP) is -0.0123. The highest BCUT2D eigenvalue weighted by Crippen LogP contribution is 2.21. The Morgan fingerprint density at radius 1 is 1.26 bits per heavy atom. The molecule has 23 heavy (non-hydrogen) atoms. The third-order valence-corrected chi connectivity index (χ3v) is 2.81. The summed E-state index contributed by atoms with van der Waals surface area (Å²) >= 11 is 0. The van der Waals surface area contributed by atoms with Crippen LogP contribution in [-0.4, -0.2) is 71.3 Å². The molecule has 1 aromatic heterocycles. The van der Waals surface area contributed by atoms with E-state index < -0.39 is 12.1 Å². The van der Waals surface area contributed by atoms with Crippen molar-refractivity contribution in [2.45, 2.75) is 6.17 Å². The van der Waals surface area contributed by atoms with Crippen LogP contribution >= 0.6 is 0 Å². The molecule has 0 radical (unpaired) electrons. The molecule has 0 amide bonds. The smallest absolute Gasteiger partial charge is 0.352 e. The van der Waals surface area contributed by atoms with E-state index in [1.165, 1.54) is 26.5 Å². The van der Waals surface area contributed by atoms with E-state index in [1.807, 2.05) is 0 Å². The molecule has 0 fully saturated rings. The third kappa shape index (κ3) is 3.78. The lowest BCUT2D eigenvalue weighted by atomic mass is 10.4. The normalized spacial score (nSPS) is 16.6. The maximum absolute atomic E-state index is 11.4. The first-order valence-corrected chi connectivity index (χ1v) is 6.54. The fourth-order valence-corrected chi connectivity index (χ4v) is 1.68. The minimum absolute atomic E-state index is 0.124. The Labute approximate surface area is 132 Å². The Kier molecular flexibility index (Phi) is 4.84. The number of aromatic nitrogens is 2. The average Bonchev–Trinajstić information content (AvgIpc) is 2.54. The number of hydroxylamine groups is 2. The van der Waals surface area contributed by atoms with Crippen LogP contribution in [0.15, 0.2) is 23.3 Å². The van der Waals surface area contributed by atoms with Crippen LogP contribution < -0.4 is 14.3 Å². The number of methoxy groups -OCH3 is 2.